The van der Waals surface area contributed by atoms with Gasteiger partial charge in [-0.05, 0) is 49.7 Å². The summed E-state index contributed by atoms with van der Waals surface area (Å²) in [6.45, 7) is 1.82. The quantitative estimate of drug-likeness (QED) is 0.840. The van der Waals surface area contributed by atoms with Gasteiger partial charge in [0.15, 0.2) is 0 Å². The maximum Gasteiger partial charge on any atom is 0.123 e. The van der Waals surface area contributed by atoms with Gasteiger partial charge in [0.25, 0.3) is 0 Å². The molecule has 0 saturated heterocycles. The van der Waals surface area contributed by atoms with Crippen LogP contribution in [0.4, 0.5) is 4.39 Å². The summed E-state index contributed by atoms with van der Waals surface area (Å²) in [5.41, 5.74) is 8.51. The van der Waals surface area contributed by atoms with Gasteiger partial charge in [0.2, 0.25) is 0 Å². The topological polar surface area (TPSA) is 29.3 Å². The van der Waals surface area contributed by atoms with Gasteiger partial charge in [-0.25, -0.2) is 4.39 Å². The molecule has 0 aliphatic heterocycles. The number of nitrogens with two attached hydrogens (primary N) is 1. The van der Waals surface area contributed by atoms with Crippen LogP contribution in [0.15, 0.2) is 54.6 Å². The molecule has 2 rings (SSSR count). The van der Waals surface area contributed by atoms with Crippen LogP contribution in [0.5, 0.6) is 0 Å². The van der Waals surface area contributed by atoms with E-state index in [4.69, 9.17) is 5.73 Å². The molecule has 2 nitrogen and oxygen atoms in total. The molecule has 0 bridgehead atoms. The first-order valence-electron chi connectivity index (χ1n) is 7.38. The number of nitrogens with zero attached hydrogens (tertiary/aromatic N) is 1. The minimum Gasteiger partial charge on any atom is -0.324 e. The van der Waals surface area contributed by atoms with Crippen molar-refractivity contribution in [3.8, 4) is 0 Å². The number of rotatable bonds is 7. The monoisotopic (exact) mass is 286 g/mol. The zero-order valence-corrected chi connectivity index (χ0v) is 12.5. The molecule has 0 heterocycles. The molecule has 0 aliphatic carbocycles. The molecular weight excluding hydrogens is 263 g/mol. The third-order valence-corrected chi connectivity index (χ3v) is 3.65. The average molecular weight is 286 g/mol. The Morgan fingerprint density at radius 2 is 1.71 bits per heavy atom. The molecule has 3 heteroatoms. The zero-order valence-electron chi connectivity index (χ0n) is 12.5. The molecule has 21 heavy (non-hydrogen) atoms. The third kappa shape index (κ3) is 5.29. The van der Waals surface area contributed by atoms with E-state index in [1.807, 2.05) is 30.3 Å². The molecule has 0 saturated carbocycles. The highest BCUT2D eigenvalue weighted by molar-refractivity contribution is 5.18. The molecule has 2 aromatic rings. The first-order valence-corrected chi connectivity index (χ1v) is 7.38. The summed E-state index contributed by atoms with van der Waals surface area (Å²) < 4.78 is 12.8. The Balaban J connectivity index is 1.72. The van der Waals surface area contributed by atoms with E-state index in [1.165, 1.54) is 17.7 Å². The number of hydrogen-bond acceptors (Lipinski definition) is 2. The van der Waals surface area contributed by atoms with Gasteiger partial charge in [0.05, 0.1) is 0 Å². The van der Waals surface area contributed by atoms with E-state index in [2.05, 4.69) is 24.1 Å². The highest BCUT2D eigenvalue weighted by Gasteiger charge is 2.06. The Kier molecular flexibility index (Phi) is 5.90. The van der Waals surface area contributed by atoms with Crippen LogP contribution in [0.2, 0.25) is 0 Å². The standard InChI is InChI=1S/C18H23FN2/c1-21(14-15-9-11-17(19)12-10-15)13-5-8-18(20)16-6-3-2-4-7-16/h2-4,6-7,9-12,18H,5,8,13-14,20H2,1H3. The Morgan fingerprint density at radius 3 is 2.38 bits per heavy atom. The summed E-state index contributed by atoms with van der Waals surface area (Å²) in [4.78, 5) is 2.24. The van der Waals surface area contributed by atoms with Crippen molar-refractivity contribution >= 4 is 0 Å². The predicted molar refractivity (Wildman–Crippen MR) is 85.3 cm³/mol. The third-order valence-electron chi connectivity index (χ3n) is 3.65. The lowest BCUT2D eigenvalue weighted by Gasteiger charge is -2.18. The van der Waals surface area contributed by atoms with Crippen molar-refractivity contribution in [3.05, 3.63) is 71.5 Å². The van der Waals surface area contributed by atoms with Crippen LogP contribution in [0, 0.1) is 5.82 Å². The molecular formula is C18H23FN2. The Labute approximate surface area is 126 Å². The Hall–Kier alpha value is -1.71. The van der Waals surface area contributed by atoms with E-state index in [-0.39, 0.29) is 11.9 Å². The van der Waals surface area contributed by atoms with Crippen molar-refractivity contribution in [1.82, 2.24) is 4.90 Å². The van der Waals surface area contributed by atoms with Crippen molar-refractivity contribution in [3.63, 3.8) is 0 Å². The summed E-state index contributed by atoms with van der Waals surface area (Å²) >= 11 is 0. The summed E-state index contributed by atoms with van der Waals surface area (Å²) in [7, 11) is 2.08. The SMILES string of the molecule is CN(CCCC(N)c1ccccc1)Cc1ccc(F)cc1. The number of hydrogen-bond donors (Lipinski definition) is 1. The summed E-state index contributed by atoms with van der Waals surface area (Å²) in [5.74, 6) is -0.185. The molecule has 0 aromatic heterocycles. The minimum absolute atomic E-state index is 0.102. The molecule has 0 aliphatic rings. The van der Waals surface area contributed by atoms with Crippen LogP contribution in [0.25, 0.3) is 0 Å². The molecule has 0 amide bonds. The van der Waals surface area contributed by atoms with Gasteiger partial charge in [-0.1, -0.05) is 42.5 Å². The molecule has 1 unspecified atom stereocenters. The van der Waals surface area contributed by atoms with E-state index in [1.54, 1.807) is 0 Å². The van der Waals surface area contributed by atoms with Crippen LogP contribution in [-0.4, -0.2) is 18.5 Å². The van der Waals surface area contributed by atoms with Crippen molar-refractivity contribution in [2.45, 2.75) is 25.4 Å². The molecule has 112 valence electrons. The van der Waals surface area contributed by atoms with Crippen LogP contribution in [0.1, 0.15) is 30.0 Å². The van der Waals surface area contributed by atoms with Gasteiger partial charge in [0.1, 0.15) is 5.82 Å². The summed E-state index contributed by atoms with van der Waals surface area (Å²) in [6.07, 6.45) is 2.02. The fourth-order valence-corrected chi connectivity index (χ4v) is 2.43. The van der Waals surface area contributed by atoms with Crippen molar-refractivity contribution < 1.29 is 4.39 Å². The van der Waals surface area contributed by atoms with Crippen molar-refractivity contribution in [2.75, 3.05) is 13.6 Å². The van der Waals surface area contributed by atoms with Crippen LogP contribution >= 0.6 is 0 Å². The average Bonchev–Trinajstić information content (AvgIpc) is 2.50. The first-order chi connectivity index (χ1) is 10.1. The van der Waals surface area contributed by atoms with Gasteiger partial charge in [-0.2, -0.15) is 0 Å². The first kappa shape index (κ1) is 15.7. The second-order valence-corrected chi connectivity index (χ2v) is 5.52. The van der Waals surface area contributed by atoms with Gasteiger partial charge in [-0.15, -0.1) is 0 Å². The summed E-state index contributed by atoms with van der Waals surface area (Å²) in [5, 5.41) is 0. The summed E-state index contributed by atoms with van der Waals surface area (Å²) in [6, 6.07) is 17.0. The fourth-order valence-electron chi connectivity index (χ4n) is 2.43. The Morgan fingerprint density at radius 1 is 1.05 bits per heavy atom. The maximum absolute atomic E-state index is 12.8. The lowest BCUT2D eigenvalue weighted by molar-refractivity contribution is 0.314. The van der Waals surface area contributed by atoms with Crippen molar-refractivity contribution in [1.29, 1.82) is 0 Å². The highest BCUT2D eigenvalue weighted by atomic mass is 19.1. The molecule has 1 atom stereocenters. The van der Waals surface area contributed by atoms with E-state index >= 15 is 0 Å². The van der Waals surface area contributed by atoms with Crippen LogP contribution < -0.4 is 5.73 Å². The van der Waals surface area contributed by atoms with Gasteiger partial charge < -0.3 is 10.6 Å². The lowest BCUT2D eigenvalue weighted by Crippen LogP contribution is -2.20. The van der Waals surface area contributed by atoms with Gasteiger partial charge >= 0.3 is 0 Å². The van der Waals surface area contributed by atoms with Crippen LogP contribution in [0.3, 0.4) is 0 Å². The molecule has 2 aromatic carbocycles. The van der Waals surface area contributed by atoms with Gasteiger partial charge in [0, 0.05) is 12.6 Å². The smallest absolute Gasteiger partial charge is 0.123 e. The lowest BCUT2D eigenvalue weighted by atomic mass is 10.0. The Bertz CT molecular complexity index is 525. The molecule has 0 radical (unpaired) electrons. The molecule has 0 spiro atoms. The second kappa shape index (κ2) is 7.91. The highest BCUT2D eigenvalue weighted by Crippen LogP contribution is 2.15. The second-order valence-electron chi connectivity index (χ2n) is 5.52. The molecule has 0 fully saturated rings. The van der Waals surface area contributed by atoms with E-state index < -0.39 is 0 Å². The van der Waals surface area contributed by atoms with Crippen LogP contribution in [-0.2, 0) is 6.54 Å². The van der Waals surface area contributed by atoms with E-state index in [0.29, 0.717) is 0 Å². The van der Waals surface area contributed by atoms with E-state index in [9.17, 15) is 4.39 Å². The zero-order chi connectivity index (χ0) is 15.1. The molecule has 2 N–H and O–H groups in total. The number of benzene rings is 2. The largest absolute Gasteiger partial charge is 0.324 e. The predicted octanol–water partition coefficient (Wildman–Crippen LogP) is 3.74. The van der Waals surface area contributed by atoms with E-state index in [0.717, 1.165) is 31.5 Å². The minimum atomic E-state index is -0.185. The fraction of sp³-hybridized carbons (Fsp3) is 0.333. The van der Waals surface area contributed by atoms with Gasteiger partial charge in [-0.3, -0.25) is 0 Å². The normalized spacial score (nSPS) is 12.6. The maximum atomic E-state index is 12.8. The number of halogens is 1. The van der Waals surface area contributed by atoms with Crippen molar-refractivity contribution in [2.24, 2.45) is 5.73 Å².